The van der Waals surface area contributed by atoms with Gasteiger partial charge in [-0.15, -0.1) is 5.10 Å². The summed E-state index contributed by atoms with van der Waals surface area (Å²) in [6, 6.07) is 2.09. The lowest BCUT2D eigenvalue weighted by atomic mass is 10.0. The van der Waals surface area contributed by atoms with E-state index in [2.05, 4.69) is 21.6 Å². The highest BCUT2D eigenvalue weighted by molar-refractivity contribution is 5.57. The number of anilines is 1. The number of nitrogens with one attached hydrogen (secondary N) is 1. The van der Waals surface area contributed by atoms with Crippen molar-refractivity contribution >= 4 is 5.82 Å². The van der Waals surface area contributed by atoms with Crippen molar-refractivity contribution in [3.8, 4) is 6.07 Å². The van der Waals surface area contributed by atoms with Crippen LogP contribution in [-0.4, -0.2) is 28.0 Å². The molecule has 0 spiro atoms. The highest BCUT2D eigenvalue weighted by Crippen LogP contribution is 2.21. The molecule has 0 radical (unpaired) electrons. The molecule has 1 heterocycles. The van der Waals surface area contributed by atoms with Gasteiger partial charge in [-0.2, -0.15) is 10.4 Å². The van der Waals surface area contributed by atoms with Crippen molar-refractivity contribution in [2.45, 2.75) is 46.6 Å². The Hall–Kier alpha value is -1.67. The van der Waals surface area contributed by atoms with Gasteiger partial charge in [0.15, 0.2) is 5.82 Å². The summed E-state index contributed by atoms with van der Waals surface area (Å²) in [5.74, 6) is 0.721. The Bertz CT molecular complexity index is 465. The molecule has 0 aliphatic heterocycles. The van der Waals surface area contributed by atoms with Gasteiger partial charge >= 0.3 is 0 Å². The molecule has 1 aromatic heterocycles. The summed E-state index contributed by atoms with van der Waals surface area (Å²) in [6.07, 6.45) is 1.51. The maximum absolute atomic E-state index is 9.36. The first-order valence-corrected chi connectivity index (χ1v) is 6.74. The molecule has 1 rings (SSSR count). The number of aliphatic hydroxyl groups is 1. The molecule has 104 valence electrons. The topological polar surface area (TPSA) is 81.8 Å². The van der Waals surface area contributed by atoms with Crippen LogP contribution in [0.1, 0.15) is 44.5 Å². The number of hydrogen-bond acceptors (Lipinski definition) is 5. The van der Waals surface area contributed by atoms with Crippen LogP contribution in [0.3, 0.4) is 0 Å². The van der Waals surface area contributed by atoms with E-state index in [4.69, 9.17) is 0 Å². The molecule has 0 aliphatic rings. The SMILES string of the molecule is CCc1nnc(NC(CO)C(C)C)c(C#N)c1CC. The Morgan fingerprint density at radius 2 is 1.95 bits per heavy atom. The third-order valence-electron chi connectivity index (χ3n) is 3.28. The van der Waals surface area contributed by atoms with Crippen LogP contribution in [0.4, 0.5) is 5.82 Å². The molecule has 5 heteroatoms. The Morgan fingerprint density at radius 3 is 2.37 bits per heavy atom. The Balaban J connectivity index is 3.19. The van der Waals surface area contributed by atoms with E-state index >= 15 is 0 Å². The molecule has 2 N–H and O–H groups in total. The molecular weight excluding hydrogens is 240 g/mol. The molecular formula is C14H22N4O. The van der Waals surface area contributed by atoms with Crippen molar-refractivity contribution in [3.05, 3.63) is 16.8 Å². The summed E-state index contributed by atoms with van der Waals surface area (Å²) in [7, 11) is 0. The van der Waals surface area contributed by atoms with Crippen molar-refractivity contribution in [2.24, 2.45) is 5.92 Å². The number of nitriles is 1. The van der Waals surface area contributed by atoms with Crippen LogP contribution in [0.2, 0.25) is 0 Å². The number of rotatable bonds is 6. The summed E-state index contributed by atoms with van der Waals surface area (Å²) in [5, 5.41) is 30.1. The van der Waals surface area contributed by atoms with Crippen LogP contribution in [0, 0.1) is 17.2 Å². The van der Waals surface area contributed by atoms with Crippen molar-refractivity contribution in [3.63, 3.8) is 0 Å². The molecule has 0 aromatic carbocycles. The largest absolute Gasteiger partial charge is 0.394 e. The smallest absolute Gasteiger partial charge is 0.167 e. The quantitative estimate of drug-likeness (QED) is 0.818. The van der Waals surface area contributed by atoms with Crippen LogP contribution in [-0.2, 0) is 12.8 Å². The molecule has 0 saturated carbocycles. The van der Waals surface area contributed by atoms with Crippen molar-refractivity contribution in [1.82, 2.24) is 10.2 Å². The van der Waals surface area contributed by atoms with Gasteiger partial charge in [0, 0.05) is 0 Å². The van der Waals surface area contributed by atoms with Gasteiger partial charge in [-0.25, -0.2) is 0 Å². The lowest BCUT2D eigenvalue weighted by molar-refractivity contribution is 0.249. The number of hydrogen-bond donors (Lipinski definition) is 2. The fourth-order valence-electron chi connectivity index (χ4n) is 1.99. The monoisotopic (exact) mass is 262 g/mol. The van der Waals surface area contributed by atoms with Crippen LogP contribution in [0.25, 0.3) is 0 Å². The molecule has 1 atom stereocenters. The second-order valence-electron chi connectivity index (χ2n) is 4.85. The van der Waals surface area contributed by atoms with E-state index in [1.54, 1.807) is 0 Å². The van der Waals surface area contributed by atoms with Gasteiger partial charge in [-0.1, -0.05) is 27.7 Å². The zero-order valence-electron chi connectivity index (χ0n) is 12.1. The van der Waals surface area contributed by atoms with E-state index in [-0.39, 0.29) is 18.6 Å². The maximum atomic E-state index is 9.36. The third kappa shape index (κ3) is 3.42. The van der Waals surface area contributed by atoms with Gasteiger partial charge in [-0.3, -0.25) is 0 Å². The van der Waals surface area contributed by atoms with E-state index in [0.29, 0.717) is 11.4 Å². The fraction of sp³-hybridized carbons (Fsp3) is 0.643. The molecule has 19 heavy (non-hydrogen) atoms. The predicted molar refractivity (Wildman–Crippen MR) is 74.8 cm³/mol. The Kier molecular flexibility index (Phi) is 5.71. The minimum Gasteiger partial charge on any atom is -0.394 e. The number of aryl methyl sites for hydroxylation is 1. The average Bonchev–Trinajstić information content (AvgIpc) is 2.42. The van der Waals surface area contributed by atoms with E-state index in [1.165, 1.54) is 0 Å². The lowest BCUT2D eigenvalue weighted by Crippen LogP contribution is -2.30. The summed E-state index contributed by atoms with van der Waals surface area (Å²) in [6.45, 7) is 8.03. The minimum absolute atomic E-state index is 0.00119. The third-order valence-corrected chi connectivity index (χ3v) is 3.28. The van der Waals surface area contributed by atoms with Crippen molar-refractivity contribution < 1.29 is 5.11 Å². The first-order chi connectivity index (χ1) is 9.08. The van der Waals surface area contributed by atoms with Crippen molar-refractivity contribution in [2.75, 3.05) is 11.9 Å². The number of aliphatic hydroxyl groups excluding tert-OH is 1. The lowest BCUT2D eigenvalue weighted by Gasteiger charge is -2.21. The highest BCUT2D eigenvalue weighted by atomic mass is 16.3. The molecule has 5 nitrogen and oxygen atoms in total. The minimum atomic E-state index is -0.126. The van der Waals surface area contributed by atoms with Crippen LogP contribution in [0.15, 0.2) is 0 Å². The van der Waals surface area contributed by atoms with E-state index in [1.807, 2.05) is 27.7 Å². The molecule has 1 aromatic rings. The Labute approximate surface area is 114 Å². The molecule has 0 fully saturated rings. The van der Waals surface area contributed by atoms with Gasteiger partial charge in [0.2, 0.25) is 0 Å². The van der Waals surface area contributed by atoms with Gasteiger partial charge in [0.25, 0.3) is 0 Å². The van der Waals surface area contributed by atoms with Gasteiger partial charge in [-0.05, 0) is 24.3 Å². The highest BCUT2D eigenvalue weighted by Gasteiger charge is 2.18. The summed E-state index contributed by atoms with van der Waals surface area (Å²) in [5.41, 5.74) is 2.37. The molecule has 0 aliphatic carbocycles. The normalized spacial score (nSPS) is 12.3. The zero-order chi connectivity index (χ0) is 14.4. The van der Waals surface area contributed by atoms with E-state index in [9.17, 15) is 10.4 Å². The van der Waals surface area contributed by atoms with Crippen LogP contribution in [0.5, 0.6) is 0 Å². The average molecular weight is 262 g/mol. The second-order valence-corrected chi connectivity index (χ2v) is 4.85. The first-order valence-electron chi connectivity index (χ1n) is 6.74. The summed E-state index contributed by atoms with van der Waals surface area (Å²) in [4.78, 5) is 0. The molecule has 0 amide bonds. The Morgan fingerprint density at radius 1 is 1.26 bits per heavy atom. The first kappa shape index (κ1) is 15.4. The van der Waals surface area contributed by atoms with E-state index < -0.39 is 0 Å². The van der Waals surface area contributed by atoms with Gasteiger partial charge in [0.1, 0.15) is 11.6 Å². The van der Waals surface area contributed by atoms with Crippen LogP contribution < -0.4 is 5.32 Å². The molecule has 0 saturated heterocycles. The van der Waals surface area contributed by atoms with Gasteiger partial charge < -0.3 is 10.4 Å². The summed E-state index contributed by atoms with van der Waals surface area (Å²) < 4.78 is 0. The maximum Gasteiger partial charge on any atom is 0.167 e. The summed E-state index contributed by atoms with van der Waals surface area (Å²) >= 11 is 0. The second kappa shape index (κ2) is 7.05. The number of aromatic nitrogens is 2. The van der Waals surface area contributed by atoms with E-state index in [0.717, 1.165) is 24.1 Å². The predicted octanol–water partition coefficient (Wildman–Crippen LogP) is 1.90. The van der Waals surface area contributed by atoms with Crippen molar-refractivity contribution in [1.29, 1.82) is 5.26 Å². The standard InChI is InChI=1S/C14H22N4O/c1-5-10-11(7-15)14(18-17-12(10)6-2)16-13(8-19)9(3)4/h9,13,19H,5-6,8H2,1-4H3,(H,16,18). The molecule has 0 bridgehead atoms. The fourth-order valence-corrected chi connectivity index (χ4v) is 1.99. The number of nitrogens with zero attached hydrogens (tertiary/aromatic N) is 3. The zero-order valence-corrected chi connectivity index (χ0v) is 12.1. The molecule has 1 unspecified atom stereocenters. The van der Waals surface area contributed by atoms with Crippen LogP contribution >= 0.6 is 0 Å². The van der Waals surface area contributed by atoms with Gasteiger partial charge in [0.05, 0.1) is 18.3 Å².